The number of halogens is 3. The van der Waals surface area contributed by atoms with Gasteiger partial charge in [0.25, 0.3) is 5.69 Å². The van der Waals surface area contributed by atoms with Gasteiger partial charge in [-0.3, -0.25) is 20.2 Å². The smallest absolute Gasteiger partial charge is 0.295 e. The second-order valence-corrected chi connectivity index (χ2v) is 4.44. The number of non-ortho nitro benzene ring substituents is 1. The predicted octanol–water partition coefficient (Wildman–Crippen LogP) is 3.03. The molecule has 10 heteroatoms. The predicted molar refractivity (Wildman–Crippen MR) is 73.4 cm³/mol. The molecule has 2 aromatic rings. The molecule has 120 valence electrons. The Labute approximate surface area is 127 Å². The SMILES string of the molecule is CC(=O)Nc1nc(-c2ccc([N+](=O)[O-])cc2)cc(C(F)(F)F)n1. The summed E-state index contributed by atoms with van der Waals surface area (Å²) in [6.07, 6.45) is -4.73. The lowest BCUT2D eigenvalue weighted by Crippen LogP contribution is -2.15. The van der Waals surface area contributed by atoms with E-state index in [4.69, 9.17) is 0 Å². The van der Waals surface area contributed by atoms with E-state index in [1.165, 1.54) is 12.1 Å². The lowest BCUT2D eigenvalue weighted by molar-refractivity contribution is -0.384. The van der Waals surface area contributed by atoms with Crippen molar-refractivity contribution in [3.63, 3.8) is 0 Å². The minimum absolute atomic E-state index is 0.119. The molecule has 7 nitrogen and oxygen atoms in total. The average molecular weight is 326 g/mol. The van der Waals surface area contributed by atoms with Crippen molar-refractivity contribution in [2.45, 2.75) is 13.1 Å². The number of benzene rings is 1. The molecule has 1 heterocycles. The number of aromatic nitrogens is 2. The largest absolute Gasteiger partial charge is 0.433 e. The third kappa shape index (κ3) is 3.99. The number of nitrogens with zero attached hydrogens (tertiary/aromatic N) is 3. The van der Waals surface area contributed by atoms with Crippen molar-refractivity contribution in [1.82, 2.24) is 9.97 Å². The molecule has 0 aliphatic carbocycles. The number of alkyl halides is 3. The Morgan fingerprint density at radius 3 is 2.30 bits per heavy atom. The van der Waals surface area contributed by atoms with Crippen LogP contribution in [0.5, 0.6) is 0 Å². The second kappa shape index (κ2) is 5.99. The number of hydrogen-bond acceptors (Lipinski definition) is 5. The highest BCUT2D eigenvalue weighted by atomic mass is 19.4. The quantitative estimate of drug-likeness (QED) is 0.690. The van der Waals surface area contributed by atoms with Gasteiger partial charge >= 0.3 is 6.18 Å². The molecule has 1 aromatic carbocycles. The highest BCUT2D eigenvalue weighted by molar-refractivity contribution is 5.87. The summed E-state index contributed by atoms with van der Waals surface area (Å²) in [5, 5.41) is 12.7. The molecular weight excluding hydrogens is 317 g/mol. The molecule has 0 spiro atoms. The molecule has 0 unspecified atom stereocenters. The number of hydrogen-bond donors (Lipinski definition) is 1. The van der Waals surface area contributed by atoms with Crippen LogP contribution in [0.1, 0.15) is 12.6 Å². The summed E-state index contributed by atoms with van der Waals surface area (Å²) in [5.74, 6) is -1.13. The van der Waals surface area contributed by atoms with Crippen LogP contribution in [0, 0.1) is 10.1 Å². The van der Waals surface area contributed by atoms with E-state index in [1.807, 2.05) is 0 Å². The van der Waals surface area contributed by atoms with E-state index < -0.39 is 28.6 Å². The highest BCUT2D eigenvalue weighted by Gasteiger charge is 2.34. The van der Waals surface area contributed by atoms with Crippen LogP contribution < -0.4 is 5.32 Å². The zero-order valence-corrected chi connectivity index (χ0v) is 11.6. The Kier molecular flexibility index (Phi) is 4.25. The van der Waals surface area contributed by atoms with Crippen LogP contribution in [-0.2, 0) is 11.0 Å². The molecule has 1 N–H and O–H groups in total. The van der Waals surface area contributed by atoms with Crippen LogP contribution in [0.4, 0.5) is 24.8 Å². The monoisotopic (exact) mass is 326 g/mol. The van der Waals surface area contributed by atoms with Gasteiger partial charge in [0.1, 0.15) is 0 Å². The van der Waals surface area contributed by atoms with E-state index in [1.54, 1.807) is 0 Å². The van der Waals surface area contributed by atoms with E-state index in [2.05, 4.69) is 15.3 Å². The molecule has 1 aromatic heterocycles. The van der Waals surface area contributed by atoms with Crippen molar-refractivity contribution in [3.8, 4) is 11.3 Å². The van der Waals surface area contributed by atoms with Gasteiger partial charge < -0.3 is 0 Å². The van der Waals surface area contributed by atoms with E-state index >= 15 is 0 Å². The van der Waals surface area contributed by atoms with Crippen molar-refractivity contribution in [3.05, 3.63) is 46.1 Å². The number of nitro groups is 1. The van der Waals surface area contributed by atoms with E-state index in [9.17, 15) is 28.1 Å². The zero-order valence-electron chi connectivity index (χ0n) is 11.6. The Balaban J connectivity index is 2.51. The average Bonchev–Trinajstić information content (AvgIpc) is 2.45. The summed E-state index contributed by atoms with van der Waals surface area (Å²) in [6.45, 7) is 1.11. The number of amides is 1. The maximum absolute atomic E-state index is 12.9. The van der Waals surface area contributed by atoms with Gasteiger partial charge in [-0.1, -0.05) is 0 Å². The van der Waals surface area contributed by atoms with Gasteiger partial charge in [0, 0.05) is 24.6 Å². The first-order valence-electron chi connectivity index (χ1n) is 6.15. The summed E-state index contributed by atoms with van der Waals surface area (Å²) >= 11 is 0. The second-order valence-electron chi connectivity index (χ2n) is 4.44. The van der Waals surface area contributed by atoms with Crippen molar-refractivity contribution in [2.24, 2.45) is 0 Å². The molecule has 0 bridgehead atoms. The van der Waals surface area contributed by atoms with Crippen LogP contribution in [0.25, 0.3) is 11.3 Å². The molecule has 0 fully saturated rings. The highest BCUT2D eigenvalue weighted by Crippen LogP contribution is 2.31. The minimum Gasteiger partial charge on any atom is -0.295 e. The molecule has 0 atom stereocenters. The van der Waals surface area contributed by atoms with E-state index in [0.29, 0.717) is 6.07 Å². The van der Waals surface area contributed by atoms with Gasteiger partial charge in [0.2, 0.25) is 11.9 Å². The number of carbonyl (C=O) groups excluding carboxylic acids is 1. The fourth-order valence-corrected chi connectivity index (χ4v) is 1.71. The molecule has 0 saturated carbocycles. The molecule has 1 amide bonds. The van der Waals surface area contributed by atoms with Gasteiger partial charge in [-0.25, -0.2) is 9.97 Å². The van der Waals surface area contributed by atoms with Crippen LogP contribution in [0.2, 0.25) is 0 Å². The number of nitro benzene ring substituents is 1. The van der Waals surface area contributed by atoms with E-state index in [0.717, 1.165) is 19.1 Å². The molecule has 2 rings (SSSR count). The molecule has 23 heavy (non-hydrogen) atoms. The summed E-state index contributed by atoms with van der Waals surface area (Å²) in [5.41, 5.74) is -1.34. The fourth-order valence-electron chi connectivity index (χ4n) is 1.71. The van der Waals surface area contributed by atoms with Gasteiger partial charge in [-0.2, -0.15) is 13.2 Å². The van der Waals surface area contributed by atoms with Crippen LogP contribution in [-0.4, -0.2) is 20.8 Å². The fraction of sp³-hybridized carbons (Fsp3) is 0.154. The minimum atomic E-state index is -4.73. The Morgan fingerprint density at radius 2 is 1.83 bits per heavy atom. The maximum atomic E-state index is 12.9. The molecule has 0 saturated heterocycles. The standard InChI is InChI=1S/C13H9F3N4O3/c1-7(21)17-12-18-10(6-11(19-12)13(14,15)16)8-2-4-9(5-3-8)20(22)23/h2-6H,1H3,(H,17,18,19,21). The Morgan fingerprint density at radius 1 is 1.22 bits per heavy atom. The molecule has 0 radical (unpaired) electrons. The summed E-state index contributed by atoms with van der Waals surface area (Å²) in [6, 6.07) is 5.51. The Hall–Kier alpha value is -3.04. The summed E-state index contributed by atoms with van der Waals surface area (Å²) in [7, 11) is 0. The van der Waals surface area contributed by atoms with E-state index in [-0.39, 0.29) is 16.9 Å². The van der Waals surface area contributed by atoms with Gasteiger partial charge in [-0.15, -0.1) is 0 Å². The van der Waals surface area contributed by atoms with Crippen molar-refractivity contribution in [2.75, 3.05) is 5.32 Å². The lowest BCUT2D eigenvalue weighted by atomic mass is 10.1. The zero-order chi connectivity index (χ0) is 17.2. The van der Waals surface area contributed by atoms with Crippen molar-refractivity contribution < 1.29 is 22.9 Å². The molecule has 0 aliphatic rings. The maximum Gasteiger partial charge on any atom is 0.433 e. The first-order chi connectivity index (χ1) is 10.7. The van der Waals surface area contributed by atoms with Crippen molar-refractivity contribution >= 4 is 17.5 Å². The number of carbonyl (C=O) groups is 1. The topological polar surface area (TPSA) is 98.0 Å². The van der Waals surface area contributed by atoms with Gasteiger partial charge in [0.05, 0.1) is 10.6 Å². The third-order valence-corrected chi connectivity index (χ3v) is 2.68. The molecular formula is C13H9F3N4O3. The van der Waals surface area contributed by atoms with Gasteiger partial charge in [0.15, 0.2) is 5.69 Å². The van der Waals surface area contributed by atoms with Crippen LogP contribution in [0.3, 0.4) is 0 Å². The lowest BCUT2D eigenvalue weighted by Gasteiger charge is -2.10. The number of anilines is 1. The summed E-state index contributed by atoms with van der Waals surface area (Å²) < 4.78 is 38.6. The van der Waals surface area contributed by atoms with Crippen LogP contribution in [0.15, 0.2) is 30.3 Å². The first-order valence-corrected chi connectivity index (χ1v) is 6.15. The number of nitrogens with one attached hydrogen (secondary N) is 1. The molecule has 0 aliphatic heterocycles. The Bertz CT molecular complexity index is 760. The van der Waals surface area contributed by atoms with Gasteiger partial charge in [-0.05, 0) is 18.2 Å². The number of rotatable bonds is 3. The third-order valence-electron chi connectivity index (χ3n) is 2.68. The first kappa shape index (κ1) is 16.3. The van der Waals surface area contributed by atoms with Crippen molar-refractivity contribution in [1.29, 1.82) is 0 Å². The summed E-state index contributed by atoms with van der Waals surface area (Å²) in [4.78, 5) is 28.0. The van der Waals surface area contributed by atoms with Crippen LogP contribution >= 0.6 is 0 Å². The normalized spacial score (nSPS) is 11.1.